The van der Waals surface area contributed by atoms with E-state index in [9.17, 15) is 9.59 Å². The second kappa shape index (κ2) is 5.99. The number of carbonyl (C=O) groups excluding carboxylic acids is 1. The van der Waals surface area contributed by atoms with Crippen LogP contribution in [0.25, 0.3) is 0 Å². The SMILES string of the molecule is Cc1cccc(NC(=O)C(C)n2nc(C3CC3)ccc2=O)c1C. The van der Waals surface area contributed by atoms with Crippen LogP contribution >= 0.6 is 0 Å². The smallest absolute Gasteiger partial charge is 0.267 e. The fraction of sp³-hybridized carbons (Fsp3) is 0.389. The lowest BCUT2D eigenvalue weighted by Crippen LogP contribution is -2.33. The van der Waals surface area contributed by atoms with Crippen molar-refractivity contribution in [1.29, 1.82) is 0 Å². The summed E-state index contributed by atoms with van der Waals surface area (Å²) in [7, 11) is 0. The van der Waals surface area contributed by atoms with E-state index in [1.54, 1.807) is 13.0 Å². The van der Waals surface area contributed by atoms with Gasteiger partial charge >= 0.3 is 0 Å². The number of hydrogen-bond acceptors (Lipinski definition) is 3. The van der Waals surface area contributed by atoms with E-state index in [1.807, 2.05) is 32.0 Å². The van der Waals surface area contributed by atoms with Crippen molar-refractivity contribution in [1.82, 2.24) is 9.78 Å². The molecule has 120 valence electrons. The van der Waals surface area contributed by atoms with Gasteiger partial charge in [-0.05, 0) is 56.9 Å². The molecule has 5 nitrogen and oxygen atoms in total. The van der Waals surface area contributed by atoms with Crippen LogP contribution in [0.5, 0.6) is 0 Å². The molecule has 1 N–H and O–H groups in total. The normalized spacial score (nSPS) is 15.3. The zero-order valence-corrected chi connectivity index (χ0v) is 13.7. The Labute approximate surface area is 135 Å². The highest BCUT2D eigenvalue weighted by molar-refractivity contribution is 5.94. The van der Waals surface area contributed by atoms with Crippen molar-refractivity contribution in [3.8, 4) is 0 Å². The summed E-state index contributed by atoms with van der Waals surface area (Å²) < 4.78 is 1.29. The molecule has 0 bridgehead atoms. The van der Waals surface area contributed by atoms with Crippen LogP contribution in [0.2, 0.25) is 0 Å². The van der Waals surface area contributed by atoms with Crippen LogP contribution in [-0.2, 0) is 4.79 Å². The second-order valence-corrected chi connectivity index (χ2v) is 6.23. The van der Waals surface area contributed by atoms with Crippen LogP contribution in [0.1, 0.15) is 48.5 Å². The lowest BCUT2D eigenvalue weighted by Gasteiger charge is -2.16. The van der Waals surface area contributed by atoms with Gasteiger partial charge in [0.25, 0.3) is 5.56 Å². The highest BCUT2D eigenvalue weighted by atomic mass is 16.2. The van der Waals surface area contributed by atoms with Crippen molar-refractivity contribution in [2.75, 3.05) is 5.32 Å². The van der Waals surface area contributed by atoms with Gasteiger partial charge in [-0.2, -0.15) is 5.10 Å². The van der Waals surface area contributed by atoms with Gasteiger partial charge in [0.15, 0.2) is 0 Å². The predicted octanol–water partition coefficient (Wildman–Crippen LogP) is 2.94. The number of carbonyl (C=O) groups is 1. The molecule has 23 heavy (non-hydrogen) atoms. The molecule has 5 heteroatoms. The standard InChI is InChI=1S/C18H21N3O2/c1-11-5-4-6-15(12(11)2)19-18(23)13(3)21-17(22)10-9-16(20-21)14-7-8-14/h4-6,9-10,13-14H,7-8H2,1-3H3,(H,19,23). The van der Waals surface area contributed by atoms with Crippen LogP contribution in [0, 0.1) is 13.8 Å². The Hall–Kier alpha value is -2.43. The molecular weight excluding hydrogens is 290 g/mol. The molecule has 1 aromatic heterocycles. The summed E-state index contributed by atoms with van der Waals surface area (Å²) in [5.74, 6) is 0.206. The quantitative estimate of drug-likeness (QED) is 0.944. The minimum absolute atomic E-state index is 0.235. The van der Waals surface area contributed by atoms with E-state index in [-0.39, 0.29) is 11.5 Å². The Morgan fingerprint density at radius 2 is 2.00 bits per heavy atom. The minimum Gasteiger partial charge on any atom is -0.324 e. The number of amides is 1. The van der Waals surface area contributed by atoms with Gasteiger partial charge in [-0.1, -0.05) is 12.1 Å². The maximum Gasteiger partial charge on any atom is 0.267 e. The van der Waals surface area contributed by atoms with E-state index < -0.39 is 6.04 Å². The highest BCUT2D eigenvalue weighted by Gasteiger charge is 2.27. The van der Waals surface area contributed by atoms with Gasteiger partial charge in [-0.3, -0.25) is 9.59 Å². The summed E-state index contributed by atoms with van der Waals surface area (Å²) in [5.41, 5.74) is 3.56. The third kappa shape index (κ3) is 3.18. The monoisotopic (exact) mass is 311 g/mol. The number of rotatable bonds is 4. The van der Waals surface area contributed by atoms with Crippen molar-refractivity contribution in [3.63, 3.8) is 0 Å². The Balaban J connectivity index is 1.83. The molecule has 1 amide bonds. The first kappa shape index (κ1) is 15.5. The van der Waals surface area contributed by atoms with Gasteiger partial charge in [-0.25, -0.2) is 4.68 Å². The molecule has 1 heterocycles. The molecule has 2 aromatic rings. The van der Waals surface area contributed by atoms with Crippen LogP contribution in [-0.4, -0.2) is 15.7 Å². The van der Waals surface area contributed by atoms with Crippen molar-refractivity contribution < 1.29 is 4.79 Å². The van der Waals surface area contributed by atoms with Gasteiger partial charge in [0.1, 0.15) is 6.04 Å². The molecule has 0 spiro atoms. The average molecular weight is 311 g/mol. The first-order chi connectivity index (χ1) is 11.0. The van der Waals surface area contributed by atoms with Gasteiger partial charge in [0.2, 0.25) is 5.91 Å². The first-order valence-corrected chi connectivity index (χ1v) is 7.94. The number of nitrogens with one attached hydrogen (secondary N) is 1. The summed E-state index contributed by atoms with van der Waals surface area (Å²) in [4.78, 5) is 24.6. The van der Waals surface area contributed by atoms with E-state index in [0.29, 0.717) is 5.92 Å². The van der Waals surface area contributed by atoms with Crippen LogP contribution in [0.3, 0.4) is 0 Å². The van der Waals surface area contributed by atoms with Crippen molar-refractivity contribution in [2.24, 2.45) is 0 Å². The highest BCUT2D eigenvalue weighted by Crippen LogP contribution is 2.38. The van der Waals surface area contributed by atoms with Gasteiger partial charge < -0.3 is 5.32 Å². The fourth-order valence-electron chi connectivity index (χ4n) is 2.55. The van der Waals surface area contributed by atoms with Crippen molar-refractivity contribution in [3.05, 3.63) is 57.5 Å². The van der Waals surface area contributed by atoms with E-state index in [4.69, 9.17) is 0 Å². The van der Waals surface area contributed by atoms with E-state index in [2.05, 4.69) is 10.4 Å². The molecule has 0 saturated heterocycles. The van der Waals surface area contributed by atoms with Gasteiger partial charge in [0.05, 0.1) is 5.69 Å². The molecule has 1 saturated carbocycles. The lowest BCUT2D eigenvalue weighted by molar-refractivity contribution is -0.119. The molecule has 0 aliphatic heterocycles. The number of aromatic nitrogens is 2. The van der Waals surface area contributed by atoms with Gasteiger partial charge in [0, 0.05) is 17.7 Å². The summed E-state index contributed by atoms with van der Waals surface area (Å²) in [6.07, 6.45) is 2.21. The summed E-state index contributed by atoms with van der Waals surface area (Å²) >= 11 is 0. The van der Waals surface area contributed by atoms with E-state index in [1.165, 1.54) is 10.7 Å². The van der Waals surface area contributed by atoms with Crippen molar-refractivity contribution in [2.45, 2.75) is 45.6 Å². The van der Waals surface area contributed by atoms with Crippen LogP contribution in [0.4, 0.5) is 5.69 Å². The third-order valence-electron chi connectivity index (χ3n) is 4.45. The predicted molar refractivity (Wildman–Crippen MR) is 89.7 cm³/mol. The summed E-state index contributed by atoms with van der Waals surface area (Å²) in [5, 5.41) is 7.28. The van der Waals surface area contributed by atoms with Gasteiger partial charge in [-0.15, -0.1) is 0 Å². The Bertz CT molecular complexity index is 806. The van der Waals surface area contributed by atoms with Crippen molar-refractivity contribution >= 4 is 11.6 Å². The number of aryl methyl sites for hydroxylation is 1. The summed E-state index contributed by atoms with van der Waals surface area (Å²) in [6, 6.07) is 8.39. The van der Waals surface area contributed by atoms with E-state index in [0.717, 1.165) is 35.3 Å². The zero-order valence-electron chi connectivity index (χ0n) is 13.7. The topological polar surface area (TPSA) is 64.0 Å². The Morgan fingerprint density at radius 1 is 1.26 bits per heavy atom. The number of anilines is 1. The minimum atomic E-state index is -0.652. The maximum atomic E-state index is 12.5. The molecular formula is C18H21N3O2. The molecule has 1 unspecified atom stereocenters. The van der Waals surface area contributed by atoms with Crippen LogP contribution < -0.4 is 10.9 Å². The summed E-state index contributed by atoms with van der Waals surface area (Å²) in [6.45, 7) is 5.67. The largest absolute Gasteiger partial charge is 0.324 e. The van der Waals surface area contributed by atoms with E-state index >= 15 is 0 Å². The fourth-order valence-corrected chi connectivity index (χ4v) is 2.55. The molecule has 0 radical (unpaired) electrons. The number of benzene rings is 1. The molecule has 3 rings (SSSR count). The number of nitrogens with zero attached hydrogens (tertiary/aromatic N) is 2. The van der Waals surface area contributed by atoms with Crippen LogP contribution in [0.15, 0.2) is 35.1 Å². The Morgan fingerprint density at radius 3 is 2.70 bits per heavy atom. The molecule has 1 aliphatic rings. The Kier molecular flexibility index (Phi) is 4.03. The first-order valence-electron chi connectivity index (χ1n) is 7.94. The number of hydrogen-bond donors (Lipinski definition) is 1. The lowest BCUT2D eigenvalue weighted by atomic mass is 10.1. The molecule has 1 fully saturated rings. The zero-order chi connectivity index (χ0) is 16.6. The molecule has 1 aliphatic carbocycles. The maximum absolute atomic E-state index is 12.5. The molecule has 1 atom stereocenters. The molecule has 1 aromatic carbocycles. The average Bonchev–Trinajstić information content (AvgIpc) is 3.36. The second-order valence-electron chi connectivity index (χ2n) is 6.23. The third-order valence-corrected chi connectivity index (χ3v) is 4.45.